The molecule has 8 heteroatoms. The summed E-state index contributed by atoms with van der Waals surface area (Å²) in [6.45, 7) is 0.113. The van der Waals surface area contributed by atoms with Gasteiger partial charge < -0.3 is 11.1 Å². The van der Waals surface area contributed by atoms with Crippen molar-refractivity contribution >= 4 is 11.8 Å². The molecule has 0 fully saturated rings. The van der Waals surface area contributed by atoms with Crippen LogP contribution in [0.2, 0.25) is 0 Å². The number of hydrogen-bond donors (Lipinski definition) is 2. The number of rotatable bonds is 6. The first-order valence-electron chi connectivity index (χ1n) is 6.15. The second kappa shape index (κ2) is 7.05. The Balaban J connectivity index is 2.65. The van der Waals surface area contributed by atoms with Gasteiger partial charge in [0.25, 0.3) is 5.91 Å². The fourth-order valence-electron chi connectivity index (χ4n) is 1.65. The maximum Gasteiger partial charge on any atom is 0.419 e. The SMILES string of the molecule is NC(=O)CCCCNC(=O)c1cccc(C(F)(F)F)c1F. The first-order chi connectivity index (χ1) is 9.73. The molecule has 0 saturated carbocycles. The van der Waals surface area contributed by atoms with E-state index in [4.69, 9.17) is 5.73 Å². The Labute approximate surface area is 118 Å². The summed E-state index contributed by atoms with van der Waals surface area (Å²) < 4.78 is 51.2. The van der Waals surface area contributed by atoms with Gasteiger partial charge in [0.2, 0.25) is 5.91 Å². The van der Waals surface area contributed by atoms with Gasteiger partial charge in [-0.25, -0.2) is 4.39 Å². The Bertz CT molecular complexity index is 529. The average molecular weight is 306 g/mol. The van der Waals surface area contributed by atoms with Crippen LogP contribution in [0.1, 0.15) is 35.2 Å². The van der Waals surface area contributed by atoms with Crippen molar-refractivity contribution < 1.29 is 27.2 Å². The van der Waals surface area contributed by atoms with Gasteiger partial charge in [0, 0.05) is 13.0 Å². The lowest BCUT2D eigenvalue weighted by Crippen LogP contribution is -2.26. The summed E-state index contributed by atoms with van der Waals surface area (Å²) in [5.74, 6) is -3.01. The number of hydrogen-bond acceptors (Lipinski definition) is 2. The van der Waals surface area contributed by atoms with Gasteiger partial charge in [-0.3, -0.25) is 9.59 Å². The molecule has 0 aromatic heterocycles. The summed E-state index contributed by atoms with van der Waals surface area (Å²) in [6.07, 6.45) is -3.87. The molecule has 1 aromatic carbocycles. The molecule has 0 heterocycles. The average Bonchev–Trinajstić information content (AvgIpc) is 2.36. The van der Waals surface area contributed by atoms with E-state index in [0.717, 1.165) is 12.1 Å². The van der Waals surface area contributed by atoms with Gasteiger partial charge in [-0.05, 0) is 25.0 Å². The van der Waals surface area contributed by atoms with E-state index in [1.54, 1.807) is 0 Å². The molecule has 3 N–H and O–H groups in total. The van der Waals surface area contributed by atoms with Crippen LogP contribution in [0.15, 0.2) is 18.2 Å². The van der Waals surface area contributed by atoms with Crippen LogP contribution in [0.25, 0.3) is 0 Å². The number of benzene rings is 1. The van der Waals surface area contributed by atoms with Crippen molar-refractivity contribution in [2.24, 2.45) is 5.73 Å². The standard InChI is InChI=1S/C13H14F4N2O2/c14-11-8(4-3-5-9(11)13(15,16)17)12(21)19-7-2-1-6-10(18)20/h3-5H,1-2,6-7H2,(H2,18,20)(H,19,21). The lowest BCUT2D eigenvalue weighted by atomic mass is 10.1. The van der Waals surface area contributed by atoms with Crippen molar-refractivity contribution in [3.05, 3.63) is 35.1 Å². The second-order valence-corrected chi connectivity index (χ2v) is 4.34. The first-order valence-corrected chi connectivity index (χ1v) is 6.15. The fraction of sp³-hybridized carbons (Fsp3) is 0.385. The molecule has 0 aliphatic heterocycles. The van der Waals surface area contributed by atoms with E-state index < -0.39 is 34.9 Å². The molecule has 1 rings (SSSR count). The molecule has 1 aromatic rings. The predicted molar refractivity (Wildman–Crippen MR) is 66.8 cm³/mol. The molecule has 116 valence electrons. The van der Waals surface area contributed by atoms with Crippen LogP contribution in [-0.2, 0) is 11.0 Å². The third-order valence-electron chi connectivity index (χ3n) is 2.68. The van der Waals surface area contributed by atoms with E-state index in [-0.39, 0.29) is 13.0 Å². The lowest BCUT2D eigenvalue weighted by molar-refractivity contribution is -0.140. The third kappa shape index (κ3) is 5.05. The van der Waals surface area contributed by atoms with Crippen molar-refractivity contribution in [2.45, 2.75) is 25.4 Å². The summed E-state index contributed by atoms with van der Waals surface area (Å²) in [4.78, 5) is 22.1. The van der Waals surface area contributed by atoms with Crippen LogP contribution in [-0.4, -0.2) is 18.4 Å². The van der Waals surface area contributed by atoms with Crippen molar-refractivity contribution in [1.82, 2.24) is 5.32 Å². The molecule has 0 saturated heterocycles. The van der Waals surface area contributed by atoms with Gasteiger partial charge in [0.15, 0.2) is 0 Å². The molecule has 0 spiro atoms. The van der Waals surface area contributed by atoms with E-state index in [2.05, 4.69) is 5.32 Å². The number of alkyl halides is 3. The summed E-state index contributed by atoms with van der Waals surface area (Å²) in [6, 6.07) is 2.51. The number of unbranched alkanes of at least 4 members (excludes halogenated alkanes) is 1. The van der Waals surface area contributed by atoms with E-state index in [9.17, 15) is 27.2 Å². The summed E-state index contributed by atoms with van der Waals surface area (Å²) >= 11 is 0. The smallest absolute Gasteiger partial charge is 0.370 e. The Morgan fingerprint density at radius 3 is 2.43 bits per heavy atom. The summed E-state index contributed by atoms with van der Waals surface area (Å²) in [7, 11) is 0. The van der Waals surface area contributed by atoms with Crippen LogP contribution in [0.5, 0.6) is 0 Å². The molecule has 2 amide bonds. The Kier molecular flexibility index (Phi) is 5.69. The van der Waals surface area contributed by atoms with Crippen LogP contribution in [0, 0.1) is 5.82 Å². The minimum atomic E-state index is -4.86. The van der Waals surface area contributed by atoms with Gasteiger partial charge >= 0.3 is 6.18 Å². The number of carbonyl (C=O) groups excluding carboxylic acids is 2. The molecule has 0 radical (unpaired) electrons. The van der Waals surface area contributed by atoms with Gasteiger partial charge in [-0.2, -0.15) is 13.2 Å². The normalized spacial score (nSPS) is 11.2. The zero-order chi connectivity index (χ0) is 16.0. The minimum absolute atomic E-state index is 0.113. The minimum Gasteiger partial charge on any atom is -0.370 e. The van der Waals surface area contributed by atoms with Gasteiger partial charge in [-0.1, -0.05) is 6.07 Å². The molecular formula is C13H14F4N2O2. The molecule has 21 heavy (non-hydrogen) atoms. The monoisotopic (exact) mass is 306 g/mol. The topological polar surface area (TPSA) is 72.2 Å². The highest BCUT2D eigenvalue weighted by Crippen LogP contribution is 2.32. The Morgan fingerprint density at radius 1 is 1.19 bits per heavy atom. The maximum absolute atomic E-state index is 13.7. The highest BCUT2D eigenvalue weighted by atomic mass is 19.4. The molecular weight excluding hydrogens is 292 g/mol. The van der Waals surface area contributed by atoms with Crippen LogP contribution < -0.4 is 11.1 Å². The summed E-state index contributed by atoms with van der Waals surface area (Å²) in [5.41, 5.74) is 2.77. The zero-order valence-corrected chi connectivity index (χ0v) is 11.0. The lowest BCUT2D eigenvalue weighted by Gasteiger charge is -2.11. The number of amides is 2. The van der Waals surface area contributed by atoms with Gasteiger partial charge in [0.1, 0.15) is 5.82 Å². The highest BCUT2D eigenvalue weighted by molar-refractivity contribution is 5.94. The van der Waals surface area contributed by atoms with Crippen LogP contribution >= 0.6 is 0 Å². The van der Waals surface area contributed by atoms with E-state index in [1.807, 2.05) is 0 Å². The van der Waals surface area contributed by atoms with Gasteiger partial charge in [0.05, 0.1) is 11.1 Å². The maximum atomic E-state index is 13.7. The Morgan fingerprint density at radius 2 is 1.86 bits per heavy atom. The second-order valence-electron chi connectivity index (χ2n) is 4.34. The number of nitrogens with one attached hydrogen (secondary N) is 1. The number of carbonyl (C=O) groups is 2. The Hall–Kier alpha value is -2.12. The fourth-order valence-corrected chi connectivity index (χ4v) is 1.65. The molecule has 0 atom stereocenters. The van der Waals surface area contributed by atoms with E-state index >= 15 is 0 Å². The number of primary amides is 1. The first kappa shape index (κ1) is 16.9. The molecule has 0 unspecified atom stereocenters. The molecule has 4 nitrogen and oxygen atoms in total. The van der Waals surface area contributed by atoms with Crippen LogP contribution in [0.3, 0.4) is 0 Å². The number of halogens is 4. The predicted octanol–water partition coefficient (Wildman–Crippen LogP) is 2.23. The molecule has 0 aliphatic rings. The van der Waals surface area contributed by atoms with E-state index in [0.29, 0.717) is 18.9 Å². The highest BCUT2D eigenvalue weighted by Gasteiger charge is 2.35. The van der Waals surface area contributed by atoms with Gasteiger partial charge in [-0.15, -0.1) is 0 Å². The quantitative estimate of drug-likeness (QED) is 0.625. The largest absolute Gasteiger partial charge is 0.419 e. The zero-order valence-electron chi connectivity index (χ0n) is 11.0. The summed E-state index contributed by atoms with van der Waals surface area (Å²) in [5, 5.41) is 2.29. The molecule has 0 aliphatic carbocycles. The number of nitrogens with two attached hydrogens (primary N) is 1. The van der Waals surface area contributed by atoms with Crippen molar-refractivity contribution in [3.8, 4) is 0 Å². The van der Waals surface area contributed by atoms with E-state index in [1.165, 1.54) is 0 Å². The van der Waals surface area contributed by atoms with Crippen molar-refractivity contribution in [1.29, 1.82) is 0 Å². The third-order valence-corrected chi connectivity index (χ3v) is 2.68. The van der Waals surface area contributed by atoms with Crippen molar-refractivity contribution in [2.75, 3.05) is 6.54 Å². The van der Waals surface area contributed by atoms with Crippen LogP contribution in [0.4, 0.5) is 17.6 Å². The molecule has 0 bridgehead atoms. The van der Waals surface area contributed by atoms with Crippen molar-refractivity contribution in [3.63, 3.8) is 0 Å².